The summed E-state index contributed by atoms with van der Waals surface area (Å²) in [6.07, 6.45) is 0. The van der Waals surface area contributed by atoms with E-state index < -0.39 is 0 Å². The molecule has 0 aliphatic rings. The topological polar surface area (TPSA) is 47.6 Å². The molecular formula is C23H22ClNO3. The highest BCUT2D eigenvalue weighted by Crippen LogP contribution is 2.29. The summed E-state index contributed by atoms with van der Waals surface area (Å²) in [7, 11) is 1.55. The van der Waals surface area contributed by atoms with Crippen LogP contribution in [0.5, 0.6) is 11.5 Å². The molecule has 1 amide bonds. The summed E-state index contributed by atoms with van der Waals surface area (Å²) < 4.78 is 11.3. The molecule has 0 aliphatic heterocycles. The Morgan fingerprint density at radius 1 is 0.964 bits per heavy atom. The number of halogens is 1. The van der Waals surface area contributed by atoms with Crippen molar-refractivity contribution in [3.05, 3.63) is 87.9 Å². The minimum Gasteiger partial charge on any atom is -0.493 e. The number of carbonyl (C=O) groups excluding carboxylic acids is 1. The maximum absolute atomic E-state index is 12.6. The molecule has 0 aromatic heterocycles. The Hall–Kier alpha value is -2.98. The van der Waals surface area contributed by atoms with E-state index >= 15 is 0 Å². The zero-order valence-electron chi connectivity index (χ0n) is 16.1. The molecule has 28 heavy (non-hydrogen) atoms. The van der Waals surface area contributed by atoms with Crippen LogP contribution in [0.1, 0.15) is 27.0 Å². The molecule has 0 saturated carbocycles. The summed E-state index contributed by atoms with van der Waals surface area (Å²) in [5, 5.41) is 3.45. The second-order valence-corrected chi connectivity index (χ2v) is 6.97. The fourth-order valence-electron chi connectivity index (χ4n) is 2.65. The van der Waals surface area contributed by atoms with E-state index in [1.54, 1.807) is 31.4 Å². The molecule has 3 rings (SSSR count). The van der Waals surface area contributed by atoms with Crippen LogP contribution in [0.4, 0.5) is 5.69 Å². The van der Waals surface area contributed by atoms with Crippen molar-refractivity contribution in [2.24, 2.45) is 0 Å². The molecule has 144 valence electrons. The summed E-state index contributed by atoms with van der Waals surface area (Å²) in [5.41, 5.74) is 4.32. The van der Waals surface area contributed by atoms with E-state index in [0.717, 1.165) is 11.1 Å². The molecule has 0 heterocycles. The molecule has 4 nitrogen and oxygen atoms in total. The van der Waals surface area contributed by atoms with Crippen molar-refractivity contribution >= 4 is 23.2 Å². The number of anilines is 1. The molecule has 0 bridgehead atoms. The number of hydrogen-bond acceptors (Lipinski definition) is 3. The number of hydrogen-bond donors (Lipinski definition) is 1. The molecule has 0 aliphatic carbocycles. The van der Waals surface area contributed by atoms with Gasteiger partial charge in [-0.15, -0.1) is 0 Å². The maximum Gasteiger partial charge on any atom is 0.255 e. The summed E-state index contributed by atoms with van der Waals surface area (Å²) in [4.78, 5) is 12.6. The Labute approximate surface area is 170 Å². The van der Waals surface area contributed by atoms with Crippen LogP contribution in [-0.4, -0.2) is 13.0 Å². The first-order chi connectivity index (χ1) is 13.5. The first kappa shape index (κ1) is 19.8. The highest BCUT2D eigenvalue weighted by Gasteiger charge is 2.12. The first-order valence-electron chi connectivity index (χ1n) is 8.90. The van der Waals surface area contributed by atoms with Crippen molar-refractivity contribution in [3.63, 3.8) is 0 Å². The van der Waals surface area contributed by atoms with E-state index in [-0.39, 0.29) is 5.91 Å². The SMILES string of the molecule is COc1cc(C(=O)Nc2ccc(C)c(Cl)c2)ccc1OCc1ccc(C)cc1. The lowest BCUT2D eigenvalue weighted by atomic mass is 10.1. The van der Waals surface area contributed by atoms with Gasteiger partial charge < -0.3 is 14.8 Å². The van der Waals surface area contributed by atoms with Crippen LogP contribution in [0.3, 0.4) is 0 Å². The van der Waals surface area contributed by atoms with Gasteiger partial charge in [-0.2, -0.15) is 0 Å². The van der Waals surface area contributed by atoms with Crippen molar-refractivity contribution < 1.29 is 14.3 Å². The van der Waals surface area contributed by atoms with Crippen LogP contribution < -0.4 is 14.8 Å². The van der Waals surface area contributed by atoms with Crippen molar-refractivity contribution in [3.8, 4) is 11.5 Å². The summed E-state index contributed by atoms with van der Waals surface area (Å²) in [6, 6.07) is 18.6. The zero-order chi connectivity index (χ0) is 20.1. The maximum atomic E-state index is 12.6. The number of rotatable bonds is 6. The largest absolute Gasteiger partial charge is 0.493 e. The fourth-order valence-corrected chi connectivity index (χ4v) is 2.83. The van der Waals surface area contributed by atoms with Crippen molar-refractivity contribution in [2.75, 3.05) is 12.4 Å². The Bertz CT molecular complexity index is 984. The van der Waals surface area contributed by atoms with Gasteiger partial charge in [-0.3, -0.25) is 4.79 Å². The van der Waals surface area contributed by atoms with Crippen molar-refractivity contribution in [2.45, 2.75) is 20.5 Å². The van der Waals surface area contributed by atoms with Gasteiger partial charge in [0.15, 0.2) is 11.5 Å². The predicted octanol–water partition coefficient (Wildman–Crippen LogP) is 5.80. The Kier molecular flexibility index (Phi) is 6.22. The van der Waals surface area contributed by atoms with Gasteiger partial charge in [0.2, 0.25) is 0 Å². The fraction of sp³-hybridized carbons (Fsp3) is 0.174. The van der Waals surface area contributed by atoms with E-state index in [1.165, 1.54) is 5.56 Å². The second kappa shape index (κ2) is 8.81. The van der Waals surface area contributed by atoms with E-state index in [2.05, 4.69) is 5.32 Å². The monoisotopic (exact) mass is 395 g/mol. The van der Waals surface area contributed by atoms with Gasteiger partial charge in [0.25, 0.3) is 5.91 Å². The predicted molar refractivity (Wildman–Crippen MR) is 113 cm³/mol. The van der Waals surface area contributed by atoms with Crippen LogP contribution in [0.2, 0.25) is 5.02 Å². The van der Waals surface area contributed by atoms with Gasteiger partial charge >= 0.3 is 0 Å². The summed E-state index contributed by atoms with van der Waals surface area (Å²) >= 11 is 6.12. The highest BCUT2D eigenvalue weighted by atomic mass is 35.5. The lowest BCUT2D eigenvalue weighted by molar-refractivity contribution is 0.102. The highest BCUT2D eigenvalue weighted by molar-refractivity contribution is 6.31. The van der Waals surface area contributed by atoms with Crippen molar-refractivity contribution in [1.29, 1.82) is 0 Å². The molecule has 0 unspecified atom stereocenters. The third-order valence-corrected chi connectivity index (χ3v) is 4.78. The third-order valence-electron chi connectivity index (χ3n) is 4.37. The molecular weight excluding hydrogens is 374 g/mol. The van der Waals surface area contributed by atoms with Crippen LogP contribution in [0.15, 0.2) is 60.7 Å². The average molecular weight is 396 g/mol. The minimum absolute atomic E-state index is 0.247. The van der Waals surface area contributed by atoms with Gasteiger partial charge in [0.05, 0.1) is 7.11 Å². The Balaban J connectivity index is 1.71. The van der Waals surface area contributed by atoms with Gasteiger partial charge in [0, 0.05) is 16.3 Å². The smallest absolute Gasteiger partial charge is 0.255 e. The number of ether oxygens (including phenoxy) is 2. The number of aryl methyl sites for hydroxylation is 2. The number of amides is 1. The van der Waals surface area contributed by atoms with Gasteiger partial charge in [-0.25, -0.2) is 0 Å². The summed E-state index contributed by atoms with van der Waals surface area (Å²) in [6.45, 7) is 4.38. The van der Waals surface area contributed by atoms with Crippen LogP contribution in [0.25, 0.3) is 0 Å². The first-order valence-corrected chi connectivity index (χ1v) is 9.28. The van der Waals surface area contributed by atoms with Gasteiger partial charge in [-0.05, 0) is 55.3 Å². The lowest BCUT2D eigenvalue weighted by Gasteiger charge is -2.13. The number of benzene rings is 3. The Morgan fingerprint density at radius 3 is 2.39 bits per heavy atom. The number of nitrogens with one attached hydrogen (secondary N) is 1. The van der Waals surface area contributed by atoms with E-state index in [9.17, 15) is 4.79 Å². The third kappa shape index (κ3) is 4.84. The molecule has 0 saturated heterocycles. The molecule has 1 N–H and O–H groups in total. The van der Waals surface area contributed by atoms with Crippen molar-refractivity contribution in [1.82, 2.24) is 0 Å². The van der Waals surface area contributed by atoms with Crippen LogP contribution in [-0.2, 0) is 6.61 Å². The standard InChI is InChI=1S/C23H22ClNO3/c1-15-4-7-17(8-5-15)14-28-21-11-9-18(12-22(21)27-3)23(26)25-19-10-6-16(2)20(24)13-19/h4-13H,14H2,1-3H3,(H,25,26). The molecule has 3 aromatic rings. The summed E-state index contributed by atoms with van der Waals surface area (Å²) in [5.74, 6) is 0.836. The van der Waals surface area contributed by atoms with Gasteiger partial charge in [-0.1, -0.05) is 47.5 Å². The van der Waals surface area contributed by atoms with E-state index in [0.29, 0.717) is 34.4 Å². The minimum atomic E-state index is -0.247. The van der Waals surface area contributed by atoms with Crippen LogP contribution >= 0.6 is 11.6 Å². The molecule has 5 heteroatoms. The quantitative estimate of drug-likeness (QED) is 0.574. The molecule has 3 aromatic carbocycles. The molecule has 0 atom stereocenters. The normalized spacial score (nSPS) is 10.4. The lowest BCUT2D eigenvalue weighted by Crippen LogP contribution is -2.12. The Morgan fingerprint density at radius 2 is 1.71 bits per heavy atom. The second-order valence-electron chi connectivity index (χ2n) is 6.56. The number of carbonyl (C=O) groups is 1. The van der Waals surface area contributed by atoms with Crippen LogP contribution in [0, 0.1) is 13.8 Å². The zero-order valence-corrected chi connectivity index (χ0v) is 16.8. The average Bonchev–Trinajstić information content (AvgIpc) is 2.70. The van der Waals surface area contributed by atoms with E-state index in [1.807, 2.05) is 50.2 Å². The molecule has 0 spiro atoms. The molecule has 0 radical (unpaired) electrons. The van der Waals surface area contributed by atoms with Gasteiger partial charge in [0.1, 0.15) is 6.61 Å². The number of methoxy groups -OCH3 is 1. The van der Waals surface area contributed by atoms with E-state index in [4.69, 9.17) is 21.1 Å². The molecule has 0 fully saturated rings.